The van der Waals surface area contributed by atoms with Crippen LogP contribution >= 0.6 is 11.6 Å². The summed E-state index contributed by atoms with van der Waals surface area (Å²) in [5.74, 6) is -0.545. The zero-order chi connectivity index (χ0) is 19.6. The van der Waals surface area contributed by atoms with Gasteiger partial charge in [-0.2, -0.15) is 0 Å². The predicted molar refractivity (Wildman–Crippen MR) is 98.9 cm³/mol. The van der Waals surface area contributed by atoms with Crippen LogP contribution in [0.5, 0.6) is 5.75 Å². The summed E-state index contributed by atoms with van der Waals surface area (Å²) in [7, 11) is 0. The van der Waals surface area contributed by atoms with Crippen LogP contribution in [0.2, 0.25) is 5.02 Å². The number of hydrogen-bond acceptors (Lipinski definition) is 6. The van der Waals surface area contributed by atoms with E-state index in [-0.39, 0.29) is 22.8 Å². The van der Waals surface area contributed by atoms with Crippen LogP contribution in [0, 0.1) is 10.1 Å². The van der Waals surface area contributed by atoms with Gasteiger partial charge in [-0.15, -0.1) is 0 Å². The lowest BCUT2D eigenvalue weighted by Gasteiger charge is -2.08. The number of carbonyl (C=O) groups excluding carboxylic acids is 2. The van der Waals surface area contributed by atoms with Gasteiger partial charge in [0.25, 0.3) is 11.6 Å². The van der Waals surface area contributed by atoms with Crippen LogP contribution in [0.25, 0.3) is 0 Å². The van der Waals surface area contributed by atoms with Gasteiger partial charge in [-0.05, 0) is 30.7 Å². The number of amides is 1. The third kappa shape index (κ3) is 6.95. The number of carbonyl (C=O) groups is 2. The third-order valence-corrected chi connectivity index (χ3v) is 3.57. The highest BCUT2D eigenvalue weighted by Gasteiger charge is 2.17. The Morgan fingerprint density at radius 1 is 1.15 bits per heavy atom. The topological polar surface area (TPSA) is 108 Å². The van der Waals surface area contributed by atoms with Crippen molar-refractivity contribution >= 4 is 34.9 Å². The smallest absolute Gasteiger partial charge is 0.306 e. The van der Waals surface area contributed by atoms with Gasteiger partial charge in [-0.3, -0.25) is 19.7 Å². The van der Waals surface area contributed by atoms with Crippen molar-refractivity contribution in [1.82, 2.24) is 0 Å². The number of nitro benzene ring substituents is 1. The molecule has 0 saturated heterocycles. The van der Waals surface area contributed by atoms with Gasteiger partial charge in [0.05, 0.1) is 11.5 Å². The molecule has 0 unspecified atom stereocenters. The molecule has 0 aromatic heterocycles. The molecule has 0 saturated carbocycles. The van der Waals surface area contributed by atoms with Crippen molar-refractivity contribution in [3.8, 4) is 5.75 Å². The molecule has 2 rings (SSSR count). The number of benzene rings is 2. The largest absolute Gasteiger partial charge is 0.494 e. The molecule has 0 bridgehead atoms. The van der Waals surface area contributed by atoms with Gasteiger partial charge >= 0.3 is 5.97 Å². The van der Waals surface area contributed by atoms with Crippen LogP contribution in [0.15, 0.2) is 48.5 Å². The number of nitrogens with zero attached hydrogens (tertiary/aromatic N) is 1. The maximum atomic E-state index is 11.8. The Morgan fingerprint density at radius 3 is 2.59 bits per heavy atom. The normalized spacial score (nSPS) is 10.1. The number of rotatable bonds is 9. The van der Waals surface area contributed by atoms with Crippen LogP contribution in [-0.4, -0.2) is 30.0 Å². The van der Waals surface area contributed by atoms with Crippen molar-refractivity contribution < 1.29 is 24.0 Å². The van der Waals surface area contributed by atoms with Crippen molar-refractivity contribution in [3.63, 3.8) is 0 Å². The monoisotopic (exact) mass is 392 g/mol. The van der Waals surface area contributed by atoms with Gasteiger partial charge in [-0.1, -0.05) is 29.8 Å². The lowest BCUT2D eigenvalue weighted by atomic mass is 10.2. The van der Waals surface area contributed by atoms with Crippen LogP contribution in [0.1, 0.15) is 12.8 Å². The molecule has 2 aromatic rings. The fraction of sp³-hybridized carbons (Fsp3) is 0.222. The molecule has 1 amide bonds. The van der Waals surface area contributed by atoms with Gasteiger partial charge in [0.2, 0.25) is 0 Å². The molecule has 142 valence electrons. The van der Waals surface area contributed by atoms with Crippen molar-refractivity contribution in [2.75, 3.05) is 18.5 Å². The SMILES string of the molecule is O=C(COC(=O)CCCOc1ccccc1)Nc1ccc(Cl)cc1[N+](=O)[O-]. The maximum absolute atomic E-state index is 11.8. The van der Waals surface area contributed by atoms with E-state index in [0.29, 0.717) is 18.8 Å². The first-order chi connectivity index (χ1) is 13.0. The Hall–Kier alpha value is -3.13. The van der Waals surface area contributed by atoms with Crippen LogP contribution < -0.4 is 10.1 Å². The van der Waals surface area contributed by atoms with Crippen LogP contribution in [0.3, 0.4) is 0 Å². The van der Waals surface area contributed by atoms with E-state index in [9.17, 15) is 19.7 Å². The summed E-state index contributed by atoms with van der Waals surface area (Å²) in [5, 5.41) is 13.5. The number of halogens is 1. The average Bonchev–Trinajstić information content (AvgIpc) is 2.65. The van der Waals surface area contributed by atoms with E-state index < -0.39 is 23.4 Å². The highest BCUT2D eigenvalue weighted by molar-refractivity contribution is 6.31. The summed E-state index contributed by atoms with van der Waals surface area (Å²) in [5.41, 5.74) is -0.373. The van der Waals surface area contributed by atoms with Gasteiger partial charge in [0, 0.05) is 17.5 Å². The quantitative estimate of drug-likeness (QED) is 0.302. The van der Waals surface area contributed by atoms with E-state index in [2.05, 4.69) is 5.32 Å². The van der Waals surface area contributed by atoms with Crippen molar-refractivity contribution in [2.45, 2.75) is 12.8 Å². The molecule has 9 heteroatoms. The van der Waals surface area contributed by atoms with Gasteiger partial charge in [0.15, 0.2) is 6.61 Å². The second-order valence-corrected chi connectivity index (χ2v) is 5.83. The van der Waals surface area contributed by atoms with E-state index in [1.807, 2.05) is 18.2 Å². The Bertz CT molecular complexity index is 813. The summed E-state index contributed by atoms with van der Waals surface area (Å²) < 4.78 is 10.3. The van der Waals surface area contributed by atoms with Crippen LogP contribution in [-0.2, 0) is 14.3 Å². The minimum atomic E-state index is -0.686. The molecule has 27 heavy (non-hydrogen) atoms. The number of esters is 1. The van der Waals surface area contributed by atoms with Crippen molar-refractivity contribution in [3.05, 3.63) is 63.7 Å². The third-order valence-electron chi connectivity index (χ3n) is 3.33. The van der Waals surface area contributed by atoms with Gasteiger partial charge in [-0.25, -0.2) is 0 Å². The zero-order valence-corrected chi connectivity index (χ0v) is 15.0. The number of anilines is 1. The fourth-order valence-corrected chi connectivity index (χ4v) is 2.26. The highest BCUT2D eigenvalue weighted by Crippen LogP contribution is 2.27. The molecule has 0 heterocycles. The molecule has 0 fully saturated rings. The Labute approximate surface area is 160 Å². The predicted octanol–water partition coefficient (Wildman–Crippen LogP) is 3.59. The summed E-state index contributed by atoms with van der Waals surface area (Å²) >= 11 is 5.70. The van der Waals surface area contributed by atoms with E-state index in [1.165, 1.54) is 12.1 Å². The lowest BCUT2D eigenvalue weighted by molar-refractivity contribution is -0.383. The number of nitrogens with one attached hydrogen (secondary N) is 1. The molecule has 2 aromatic carbocycles. The molecule has 0 aliphatic heterocycles. The number of ether oxygens (including phenoxy) is 2. The number of para-hydroxylation sites is 1. The Kier molecular flexibility index (Phi) is 7.57. The summed E-state index contributed by atoms with van der Waals surface area (Å²) in [6.07, 6.45) is 0.513. The second-order valence-electron chi connectivity index (χ2n) is 5.39. The second kappa shape index (κ2) is 10.1. The average molecular weight is 393 g/mol. The maximum Gasteiger partial charge on any atom is 0.306 e. The van der Waals surface area contributed by atoms with Gasteiger partial charge in [0.1, 0.15) is 11.4 Å². The van der Waals surface area contributed by atoms with Crippen LogP contribution in [0.4, 0.5) is 11.4 Å². The van der Waals surface area contributed by atoms with Gasteiger partial charge < -0.3 is 14.8 Å². The van der Waals surface area contributed by atoms with E-state index in [4.69, 9.17) is 21.1 Å². The first kappa shape index (κ1) is 20.2. The fourth-order valence-electron chi connectivity index (χ4n) is 2.09. The van der Waals surface area contributed by atoms with E-state index in [1.54, 1.807) is 12.1 Å². The van der Waals surface area contributed by atoms with E-state index in [0.717, 1.165) is 6.07 Å². The minimum Gasteiger partial charge on any atom is -0.494 e. The standard InChI is InChI=1S/C18H17ClN2O6/c19-13-8-9-15(16(11-13)21(24)25)20-17(22)12-27-18(23)7-4-10-26-14-5-2-1-3-6-14/h1-3,5-6,8-9,11H,4,7,10,12H2,(H,20,22). The Morgan fingerprint density at radius 2 is 1.89 bits per heavy atom. The first-order valence-corrected chi connectivity index (χ1v) is 8.41. The molecule has 0 spiro atoms. The van der Waals surface area contributed by atoms with Crippen molar-refractivity contribution in [1.29, 1.82) is 0 Å². The molecular formula is C18H17ClN2O6. The molecule has 0 aliphatic carbocycles. The summed E-state index contributed by atoms with van der Waals surface area (Å²) in [6.45, 7) is -0.208. The van der Waals surface area contributed by atoms with Crippen molar-refractivity contribution in [2.24, 2.45) is 0 Å². The molecular weight excluding hydrogens is 376 g/mol. The summed E-state index contributed by atoms with van der Waals surface area (Å²) in [6, 6.07) is 13.0. The molecule has 0 aliphatic rings. The van der Waals surface area contributed by atoms with E-state index >= 15 is 0 Å². The molecule has 0 radical (unpaired) electrons. The first-order valence-electron chi connectivity index (χ1n) is 8.03. The Balaban J connectivity index is 1.71. The number of hydrogen-bond donors (Lipinski definition) is 1. The zero-order valence-electron chi connectivity index (χ0n) is 14.2. The molecule has 8 nitrogen and oxygen atoms in total. The highest BCUT2D eigenvalue weighted by atomic mass is 35.5. The number of nitro groups is 1. The minimum absolute atomic E-state index is 0.0262. The molecule has 1 N–H and O–H groups in total. The molecule has 0 atom stereocenters. The summed E-state index contributed by atoms with van der Waals surface area (Å²) in [4.78, 5) is 33.8. The lowest BCUT2D eigenvalue weighted by Crippen LogP contribution is -2.21.